The van der Waals surface area contributed by atoms with Gasteiger partial charge in [0.1, 0.15) is 23.5 Å². The Bertz CT molecular complexity index is 915. The number of aromatic nitrogens is 2. The second-order valence-electron chi connectivity index (χ2n) is 6.27. The standard InChI is InChI=1S/C17H16Cl3FN4O3/c1-7(9-3-10(18)11(19)4-13(9)21)23-16-22-5-12(20)15(24-16)25-14(8(2)26)6-28-17(25)27/h3-5,7-8,14,26H,6H2,1-2H3,(H,22,23,24)/t7-,8+,14?/m0/s1. The van der Waals surface area contributed by atoms with Crippen LogP contribution < -0.4 is 10.2 Å². The van der Waals surface area contributed by atoms with Gasteiger partial charge in [0.2, 0.25) is 5.95 Å². The van der Waals surface area contributed by atoms with Gasteiger partial charge in [0.15, 0.2) is 5.82 Å². The van der Waals surface area contributed by atoms with Crippen LogP contribution in [0.5, 0.6) is 0 Å². The maximum atomic E-state index is 14.2. The first kappa shape index (κ1) is 20.9. The summed E-state index contributed by atoms with van der Waals surface area (Å²) in [6.07, 6.45) is -0.242. The van der Waals surface area contributed by atoms with Crippen molar-refractivity contribution in [1.82, 2.24) is 9.97 Å². The maximum absolute atomic E-state index is 14.2. The van der Waals surface area contributed by atoms with Crippen LogP contribution in [-0.4, -0.2) is 39.9 Å². The van der Waals surface area contributed by atoms with E-state index in [9.17, 15) is 14.3 Å². The molecule has 1 unspecified atom stereocenters. The zero-order valence-corrected chi connectivity index (χ0v) is 17.1. The van der Waals surface area contributed by atoms with Gasteiger partial charge in [-0.25, -0.2) is 14.2 Å². The molecular weight excluding hydrogens is 434 g/mol. The van der Waals surface area contributed by atoms with E-state index < -0.39 is 30.1 Å². The van der Waals surface area contributed by atoms with E-state index in [0.29, 0.717) is 0 Å². The van der Waals surface area contributed by atoms with Crippen molar-refractivity contribution in [2.45, 2.75) is 32.0 Å². The van der Waals surface area contributed by atoms with Gasteiger partial charge in [-0.15, -0.1) is 0 Å². The average Bonchev–Trinajstić information content (AvgIpc) is 3.01. The molecule has 1 amide bonds. The number of nitrogens with zero attached hydrogens (tertiary/aromatic N) is 3. The number of ether oxygens (including phenoxy) is 1. The summed E-state index contributed by atoms with van der Waals surface area (Å²) in [5, 5.41) is 13.2. The van der Waals surface area contributed by atoms with Crippen LogP contribution in [0.15, 0.2) is 18.3 Å². The van der Waals surface area contributed by atoms with Crippen LogP contribution in [0.25, 0.3) is 0 Å². The van der Waals surface area contributed by atoms with E-state index in [2.05, 4.69) is 15.3 Å². The maximum Gasteiger partial charge on any atom is 0.416 e. The van der Waals surface area contributed by atoms with E-state index in [0.717, 1.165) is 6.07 Å². The Morgan fingerprint density at radius 2 is 1.96 bits per heavy atom. The van der Waals surface area contributed by atoms with Crippen molar-refractivity contribution in [3.8, 4) is 0 Å². The molecule has 1 aliphatic rings. The summed E-state index contributed by atoms with van der Waals surface area (Å²) in [6.45, 7) is 3.22. The van der Waals surface area contributed by atoms with Crippen molar-refractivity contribution in [2.75, 3.05) is 16.8 Å². The van der Waals surface area contributed by atoms with E-state index in [1.54, 1.807) is 6.92 Å². The minimum atomic E-state index is -0.863. The highest BCUT2D eigenvalue weighted by molar-refractivity contribution is 6.42. The number of nitrogens with one attached hydrogen (secondary N) is 1. The molecule has 150 valence electrons. The number of halogens is 4. The summed E-state index contributed by atoms with van der Waals surface area (Å²) < 4.78 is 19.2. The fourth-order valence-electron chi connectivity index (χ4n) is 2.77. The number of hydrogen-bond donors (Lipinski definition) is 2. The molecule has 1 fully saturated rings. The van der Waals surface area contributed by atoms with Gasteiger partial charge in [0.25, 0.3) is 0 Å². The zero-order chi connectivity index (χ0) is 20.6. The number of anilines is 2. The molecule has 28 heavy (non-hydrogen) atoms. The molecule has 1 aromatic heterocycles. The second-order valence-corrected chi connectivity index (χ2v) is 7.50. The predicted octanol–water partition coefficient (Wildman–Crippen LogP) is 4.46. The number of benzene rings is 1. The fourth-order valence-corrected chi connectivity index (χ4v) is 3.28. The monoisotopic (exact) mass is 448 g/mol. The van der Waals surface area contributed by atoms with Crippen molar-refractivity contribution >= 4 is 52.7 Å². The number of rotatable bonds is 5. The third kappa shape index (κ3) is 4.10. The first-order valence-corrected chi connectivity index (χ1v) is 9.40. The second kappa shape index (κ2) is 8.24. The number of hydrogen-bond acceptors (Lipinski definition) is 6. The lowest BCUT2D eigenvalue weighted by molar-refractivity contribution is 0.142. The van der Waals surface area contributed by atoms with Gasteiger partial charge in [-0.05, 0) is 26.0 Å². The SMILES string of the molecule is C[C@H](Nc1ncc(Cl)c(N2C(=O)OCC2[C@@H](C)O)n1)c1cc(Cl)c(Cl)cc1F. The summed E-state index contributed by atoms with van der Waals surface area (Å²) in [6, 6.07) is 1.33. The highest BCUT2D eigenvalue weighted by Gasteiger charge is 2.39. The van der Waals surface area contributed by atoms with Crippen LogP contribution in [0.3, 0.4) is 0 Å². The summed E-state index contributed by atoms with van der Waals surface area (Å²) >= 11 is 17.9. The molecule has 1 saturated heterocycles. The first-order valence-electron chi connectivity index (χ1n) is 8.26. The Kier molecular flexibility index (Phi) is 6.14. The lowest BCUT2D eigenvalue weighted by atomic mass is 10.1. The van der Waals surface area contributed by atoms with Crippen molar-refractivity contribution < 1.29 is 19.0 Å². The molecule has 3 rings (SSSR count). The molecular formula is C17H16Cl3FN4O3. The minimum absolute atomic E-state index is 0.00445. The molecule has 0 radical (unpaired) electrons. The molecule has 2 aromatic rings. The molecule has 2 heterocycles. The molecule has 0 bridgehead atoms. The van der Waals surface area contributed by atoms with Gasteiger partial charge in [0.05, 0.1) is 28.4 Å². The summed E-state index contributed by atoms with van der Waals surface area (Å²) in [7, 11) is 0. The topological polar surface area (TPSA) is 87.6 Å². The summed E-state index contributed by atoms with van der Waals surface area (Å²) in [5.41, 5.74) is 0.261. The van der Waals surface area contributed by atoms with E-state index in [-0.39, 0.29) is 39.0 Å². The number of cyclic esters (lactones) is 1. The Balaban J connectivity index is 1.90. The summed E-state index contributed by atoms with van der Waals surface area (Å²) in [4.78, 5) is 21.6. The number of aliphatic hydroxyl groups is 1. The van der Waals surface area contributed by atoms with Crippen LogP contribution in [0, 0.1) is 5.82 Å². The summed E-state index contributed by atoms with van der Waals surface area (Å²) in [5.74, 6) is -0.364. The van der Waals surface area contributed by atoms with E-state index in [1.807, 2.05) is 0 Å². The van der Waals surface area contributed by atoms with Gasteiger partial charge >= 0.3 is 6.09 Å². The molecule has 7 nitrogen and oxygen atoms in total. The van der Waals surface area contributed by atoms with E-state index in [1.165, 1.54) is 24.1 Å². The van der Waals surface area contributed by atoms with Gasteiger partial charge < -0.3 is 15.2 Å². The molecule has 3 atom stereocenters. The lowest BCUT2D eigenvalue weighted by Gasteiger charge is -2.24. The molecule has 0 spiro atoms. The molecule has 2 N–H and O–H groups in total. The number of carbonyl (C=O) groups is 1. The van der Waals surface area contributed by atoms with E-state index in [4.69, 9.17) is 39.5 Å². The lowest BCUT2D eigenvalue weighted by Crippen LogP contribution is -2.41. The molecule has 0 saturated carbocycles. The van der Waals surface area contributed by atoms with E-state index >= 15 is 0 Å². The predicted molar refractivity (Wildman–Crippen MR) is 105 cm³/mol. The number of aliphatic hydroxyl groups excluding tert-OH is 1. The molecule has 11 heteroatoms. The van der Waals surface area contributed by atoms with Gasteiger partial charge in [-0.1, -0.05) is 34.8 Å². The highest BCUT2D eigenvalue weighted by atomic mass is 35.5. The molecule has 1 aliphatic heterocycles. The van der Waals surface area contributed by atoms with Crippen LogP contribution in [0.4, 0.5) is 21.0 Å². The van der Waals surface area contributed by atoms with Crippen molar-refractivity contribution in [1.29, 1.82) is 0 Å². The molecule has 0 aliphatic carbocycles. The number of carbonyl (C=O) groups excluding carboxylic acids is 1. The van der Waals surface area contributed by atoms with Gasteiger partial charge in [-0.2, -0.15) is 4.98 Å². The van der Waals surface area contributed by atoms with Crippen molar-refractivity contribution in [3.63, 3.8) is 0 Å². The van der Waals surface area contributed by atoms with Crippen LogP contribution >= 0.6 is 34.8 Å². The third-order valence-electron chi connectivity index (χ3n) is 4.27. The minimum Gasteiger partial charge on any atom is -0.447 e. The normalized spacial score (nSPS) is 18.8. The Morgan fingerprint density at radius 1 is 1.29 bits per heavy atom. The quantitative estimate of drug-likeness (QED) is 0.656. The van der Waals surface area contributed by atoms with Gasteiger partial charge in [0, 0.05) is 5.56 Å². The largest absolute Gasteiger partial charge is 0.447 e. The van der Waals surface area contributed by atoms with Crippen molar-refractivity contribution in [2.24, 2.45) is 0 Å². The number of amides is 1. The zero-order valence-electron chi connectivity index (χ0n) is 14.8. The Morgan fingerprint density at radius 3 is 2.64 bits per heavy atom. The highest BCUT2D eigenvalue weighted by Crippen LogP contribution is 2.32. The van der Waals surface area contributed by atoms with Crippen LogP contribution in [0.1, 0.15) is 25.5 Å². The van der Waals surface area contributed by atoms with Crippen LogP contribution in [-0.2, 0) is 4.74 Å². The molecule has 1 aromatic carbocycles. The smallest absolute Gasteiger partial charge is 0.416 e. The Labute approximate surface area is 175 Å². The van der Waals surface area contributed by atoms with Crippen molar-refractivity contribution in [3.05, 3.63) is 44.8 Å². The first-order chi connectivity index (χ1) is 13.2. The fraction of sp³-hybridized carbons (Fsp3) is 0.353. The third-order valence-corrected chi connectivity index (χ3v) is 5.26. The Hall–Kier alpha value is -1.87. The van der Waals surface area contributed by atoms with Crippen LogP contribution in [0.2, 0.25) is 15.1 Å². The average molecular weight is 450 g/mol. The van der Waals surface area contributed by atoms with Gasteiger partial charge in [-0.3, -0.25) is 4.90 Å².